The first kappa shape index (κ1) is 40.5. The predicted molar refractivity (Wildman–Crippen MR) is 211 cm³/mol. The summed E-state index contributed by atoms with van der Waals surface area (Å²) in [5, 5.41) is 4.32. The van der Waals surface area contributed by atoms with Crippen molar-refractivity contribution >= 4 is 58.8 Å². The van der Waals surface area contributed by atoms with E-state index in [2.05, 4.69) is 15.3 Å². The van der Waals surface area contributed by atoms with E-state index in [0.29, 0.717) is 55.8 Å². The number of rotatable bonds is 18. The van der Waals surface area contributed by atoms with Crippen molar-refractivity contribution in [3.8, 4) is 17.1 Å². The third-order valence-corrected chi connectivity index (χ3v) is 10.3. The van der Waals surface area contributed by atoms with Crippen molar-refractivity contribution in [2.75, 3.05) is 31.1 Å². The van der Waals surface area contributed by atoms with Crippen molar-refractivity contribution in [3.63, 3.8) is 0 Å². The van der Waals surface area contributed by atoms with E-state index in [-0.39, 0.29) is 44.3 Å². The van der Waals surface area contributed by atoms with Crippen LogP contribution in [0.2, 0.25) is 5.02 Å². The molecule has 0 radical (unpaired) electrons. The zero-order valence-electron chi connectivity index (χ0n) is 30.0. The van der Waals surface area contributed by atoms with E-state index in [1.807, 2.05) is 48.5 Å². The molecule has 0 aliphatic heterocycles. The highest BCUT2D eigenvalue weighted by Crippen LogP contribution is 2.44. The lowest BCUT2D eigenvalue weighted by atomic mass is 10.1. The highest BCUT2D eigenvalue weighted by molar-refractivity contribution is 7.79. The van der Waals surface area contributed by atoms with Gasteiger partial charge in [-0.05, 0) is 78.2 Å². The molecule has 2 unspecified atom stereocenters. The van der Waals surface area contributed by atoms with E-state index in [0.717, 1.165) is 5.56 Å². The smallest absolute Gasteiger partial charge is 0.412 e. The number of carbonyl (C=O) groups is 1. The van der Waals surface area contributed by atoms with Crippen LogP contribution in [0.5, 0.6) is 5.75 Å². The Kier molecular flexibility index (Phi) is 13.8. The second-order valence-electron chi connectivity index (χ2n) is 12.4. The second-order valence-corrected chi connectivity index (χ2v) is 15.9. The van der Waals surface area contributed by atoms with Crippen LogP contribution in [-0.4, -0.2) is 55.5 Å². The largest absolute Gasteiger partial charge is 0.487 e. The van der Waals surface area contributed by atoms with Gasteiger partial charge in [-0.2, -0.15) is 0 Å². The Labute approximate surface area is 329 Å². The number of fused-ring (bicyclic) bond motifs is 1. The van der Waals surface area contributed by atoms with Crippen LogP contribution < -0.4 is 10.1 Å². The molecule has 0 aliphatic carbocycles. The van der Waals surface area contributed by atoms with Crippen molar-refractivity contribution in [1.29, 1.82) is 0 Å². The van der Waals surface area contributed by atoms with E-state index >= 15 is 0 Å². The van der Waals surface area contributed by atoms with E-state index < -0.39 is 31.6 Å². The van der Waals surface area contributed by atoms with Crippen molar-refractivity contribution in [2.45, 2.75) is 26.2 Å². The summed E-state index contributed by atoms with van der Waals surface area (Å²) in [7, 11) is -3.56. The molecule has 0 bridgehead atoms. The molecule has 56 heavy (non-hydrogen) atoms. The van der Waals surface area contributed by atoms with Gasteiger partial charge < -0.3 is 33.2 Å². The average Bonchev–Trinajstić information content (AvgIpc) is 3.65. The summed E-state index contributed by atoms with van der Waals surface area (Å²) in [6.07, 6.45) is 0.838. The maximum atomic E-state index is 13.6. The van der Waals surface area contributed by atoms with E-state index in [9.17, 15) is 22.5 Å². The molecule has 2 aromatic heterocycles. The first-order valence-electron chi connectivity index (χ1n) is 17.2. The normalized spacial score (nSPS) is 12.9. The second kappa shape index (κ2) is 19.1. The van der Waals surface area contributed by atoms with Crippen LogP contribution in [0.1, 0.15) is 23.3 Å². The number of anilines is 2. The summed E-state index contributed by atoms with van der Waals surface area (Å²) in [4.78, 5) is 23.2. The summed E-state index contributed by atoms with van der Waals surface area (Å²) in [5.41, 5.74) is 3.48. The molecule has 0 spiro atoms. The molecule has 0 saturated carbocycles. The molecule has 0 fully saturated rings. The molecular formula is C39H37ClFN4O9PS. The van der Waals surface area contributed by atoms with Crippen LogP contribution >= 0.6 is 19.2 Å². The number of nitrogens with zero attached hydrogens (tertiary/aromatic N) is 3. The average molecular weight is 823 g/mol. The standard InChI is InChI=1S/C39H37ClFN4O9PS/c1-55(47,52-24-27-7-3-2-4-8-27)53-26-51-39(46)45(17-6-18-56(48)49)22-32-13-16-36(54-32)29-11-14-35-33(20-29)38(43-25-42-35)44-31-12-15-37(34(40)21-31)50-23-28-9-5-10-30(41)19-28/h2-5,7-16,19-21,25H,6,17-18,22-24,26H2,1H3,(H,48,49)(H,42,43,44). The number of aromatic nitrogens is 2. The Balaban J connectivity index is 1.10. The van der Waals surface area contributed by atoms with Crippen molar-refractivity contribution < 1.29 is 45.5 Å². The Morgan fingerprint density at radius 3 is 2.57 bits per heavy atom. The van der Waals surface area contributed by atoms with E-state index in [4.69, 9.17) is 34.5 Å². The molecule has 0 aliphatic rings. The van der Waals surface area contributed by atoms with Gasteiger partial charge in [-0.1, -0.05) is 54.1 Å². The number of ether oxygens (including phenoxy) is 2. The van der Waals surface area contributed by atoms with Crippen LogP contribution in [0, 0.1) is 5.82 Å². The molecule has 1 amide bonds. The number of amides is 1. The third kappa shape index (κ3) is 11.7. The minimum absolute atomic E-state index is 0.0304. The van der Waals surface area contributed by atoms with Crippen LogP contribution in [0.15, 0.2) is 114 Å². The molecule has 2 heterocycles. The van der Waals surface area contributed by atoms with Gasteiger partial charge in [0.2, 0.25) is 6.79 Å². The fraction of sp³-hybridized carbons (Fsp3) is 0.205. The molecule has 0 saturated heterocycles. The number of furan rings is 1. The van der Waals surface area contributed by atoms with Gasteiger partial charge in [0.15, 0.2) is 11.1 Å². The number of hydrogen-bond donors (Lipinski definition) is 2. The SMILES string of the molecule is CP(=O)(OCOC(=O)N(CCCS(=O)O)Cc1ccc(-c2ccc3ncnc(Nc4ccc(OCc5cccc(F)c5)c(Cl)c4)c3c2)o1)OCc1ccccc1. The fourth-order valence-electron chi connectivity index (χ4n) is 5.42. The lowest BCUT2D eigenvalue weighted by Gasteiger charge is -2.21. The minimum Gasteiger partial charge on any atom is -0.487 e. The highest BCUT2D eigenvalue weighted by Gasteiger charge is 2.22. The molecule has 4 aromatic carbocycles. The van der Waals surface area contributed by atoms with Crippen LogP contribution in [0.3, 0.4) is 0 Å². The molecule has 6 rings (SSSR count). The van der Waals surface area contributed by atoms with Crippen LogP contribution in [0.25, 0.3) is 22.2 Å². The van der Waals surface area contributed by atoms with Gasteiger partial charge in [-0.15, -0.1) is 0 Å². The highest BCUT2D eigenvalue weighted by atomic mass is 35.5. The number of hydrogen-bond acceptors (Lipinski definition) is 11. The Morgan fingerprint density at radius 2 is 1.79 bits per heavy atom. The molecule has 6 aromatic rings. The van der Waals surface area contributed by atoms with Gasteiger partial charge >= 0.3 is 13.7 Å². The van der Waals surface area contributed by atoms with E-state index in [1.165, 1.54) is 30.0 Å². The maximum absolute atomic E-state index is 13.6. The quantitative estimate of drug-likeness (QED) is 0.0480. The topological polar surface area (TPSA) is 163 Å². The summed E-state index contributed by atoms with van der Waals surface area (Å²) in [6, 6.07) is 29.4. The zero-order chi connectivity index (χ0) is 39.5. The summed E-state index contributed by atoms with van der Waals surface area (Å²) < 4.78 is 74.7. The molecule has 292 valence electrons. The van der Waals surface area contributed by atoms with Crippen molar-refractivity contribution in [3.05, 3.63) is 137 Å². The lowest BCUT2D eigenvalue weighted by molar-refractivity contribution is 0.0238. The van der Waals surface area contributed by atoms with Gasteiger partial charge in [0.05, 0.1) is 29.4 Å². The molecule has 17 heteroatoms. The Morgan fingerprint density at radius 1 is 0.964 bits per heavy atom. The third-order valence-electron chi connectivity index (χ3n) is 8.19. The number of nitrogens with one attached hydrogen (secondary N) is 1. The molecule has 2 atom stereocenters. The van der Waals surface area contributed by atoms with Gasteiger partial charge in [-0.25, -0.2) is 23.4 Å². The molecule has 2 N–H and O–H groups in total. The predicted octanol–water partition coefficient (Wildman–Crippen LogP) is 9.57. The number of halogens is 2. The molecular weight excluding hydrogens is 786 g/mol. The van der Waals surface area contributed by atoms with Crippen molar-refractivity contribution in [1.82, 2.24) is 14.9 Å². The van der Waals surface area contributed by atoms with Gasteiger partial charge in [-0.3, -0.25) is 9.09 Å². The first-order chi connectivity index (χ1) is 27.0. The molecule has 13 nitrogen and oxygen atoms in total. The maximum Gasteiger partial charge on any atom is 0.412 e. The number of carbonyl (C=O) groups excluding carboxylic acids is 1. The van der Waals surface area contributed by atoms with Gasteiger partial charge in [0, 0.05) is 29.8 Å². The monoisotopic (exact) mass is 822 g/mol. The minimum atomic E-state index is -3.56. The summed E-state index contributed by atoms with van der Waals surface area (Å²) in [5.74, 6) is 1.44. The van der Waals surface area contributed by atoms with Gasteiger partial charge in [0.1, 0.15) is 41.8 Å². The Hall–Kier alpha value is -5.15. The van der Waals surface area contributed by atoms with E-state index in [1.54, 1.807) is 42.5 Å². The fourth-order valence-corrected chi connectivity index (χ4v) is 6.73. The lowest BCUT2D eigenvalue weighted by Crippen LogP contribution is -2.33. The zero-order valence-corrected chi connectivity index (χ0v) is 32.5. The first-order valence-corrected chi connectivity index (χ1v) is 20.8. The van der Waals surface area contributed by atoms with Crippen molar-refractivity contribution in [2.24, 2.45) is 0 Å². The van der Waals surface area contributed by atoms with Gasteiger partial charge in [0.25, 0.3) is 0 Å². The number of benzene rings is 4. The summed E-state index contributed by atoms with van der Waals surface area (Å²) in [6.45, 7) is 0.886. The van der Waals surface area contributed by atoms with Crippen LogP contribution in [-0.2, 0) is 49.2 Å². The Bertz CT molecular complexity index is 2350. The van der Waals surface area contributed by atoms with Crippen LogP contribution in [0.4, 0.5) is 20.7 Å². The summed E-state index contributed by atoms with van der Waals surface area (Å²) >= 11 is 4.47.